The van der Waals surface area contributed by atoms with Crippen molar-refractivity contribution in [2.24, 2.45) is 0 Å². The molecule has 1 aromatic rings. The first-order valence-electron chi connectivity index (χ1n) is 3.80. The van der Waals surface area contributed by atoms with E-state index < -0.39 is 6.43 Å². The van der Waals surface area contributed by atoms with Gasteiger partial charge in [0.25, 0.3) is 6.43 Å². The summed E-state index contributed by atoms with van der Waals surface area (Å²) in [7, 11) is 0. The number of hydrogen-bond donors (Lipinski definition) is 0. The number of alkyl halides is 2. The van der Waals surface area contributed by atoms with E-state index in [1.165, 1.54) is 0 Å². The van der Waals surface area contributed by atoms with Crippen molar-refractivity contribution in [1.82, 2.24) is 9.97 Å². The molecule has 0 aliphatic heterocycles. The summed E-state index contributed by atoms with van der Waals surface area (Å²) < 4.78 is 24.2. The van der Waals surface area contributed by atoms with Crippen LogP contribution in [0.25, 0.3) is 0 Å². The zero-order valence-corrected chi connectivity index (χ0v) is 6.30. The van der Waals surface area contributed by atoms with Crippen molar-refractivity contribution in [2.45, 2.75) is 25.2 Å². The minimum atomic E-state index is -2.51. The Bertz CT molecular complexity index is 267. The highest BCUT2D eigenvalue weighted by Gasteiger charge is 2.27. The summed E-state index contributed by atoms with van der Waals surface area (Å²) in [5.74, 6) is 0.827. The van der Waals surface area contributed by atoms with Crippen LogP contribution in [0.5, 0.6) is 0 Å². The maximum Gasteiger partial charge on any atom is 0.280 e. The summed E-state index contributed by atoms with van der Waals surface area (Å²) in [6, 6.07) is 1.14. The van der Waals surface area contributed by atoms with E-state index in [0.29, 0.717) is 11.7 Å². The van der Waals surface area contributed by atoms with Crippen LogP contribution in [0.4, 0.5) is 8.78 Å². The summed E-state index contributed by atoms with van der Waals surface area (Å²) in [6.45, 7) is 0. The molecule has 1 radical (unpaired) electrons. The third-order valence-corrected chi connectivity index (χ3v) is 1.80. The lowest BCUT2D eigenvalue weighted by molar-refractivity contribution is 0.145. The largest absolute Gasteiger partial charge is 0.280 e. The smallest absolute Gasteiger partial charge is 0.232 e. The molecule has 2 rings (SSSR count). The zero-order chi connectivity index (χ0) is 8.55. The molecule has 0 bridgehead atoms. The second-order valence-electron chi connectivity index (χ2n) is 2.86. The maximum atomic E-state index is 12.1. The molecule has 0 spiro atoms. The first kappa shape index (κ1) is 7.58. The average molecular weight is 169 g/mol. The van der Waals surface area contributed by atoms with Gasteiger partial charge in [-0.3, -0.25) is 0 Å². The quantitative estimate of drug-likeness (QED) is 0.677. The Morgan fingerprint density at radius 1 is 1.50 bits per heavy atom. The number of nitrogens with zero attached hydrogens (tertiary/aromatic N) is 2. The van der Waals surface area contributed by atoms with Gasteiger partial charge in [0.2, 0.25) is 0 Å². The fourth-order valence-electron chi connectivity index (χ4n) is 0.990. The van der Waals surface area contributed by atoms with Crippen LogP contribution in [0.3, 0.4) is 0 Å². The van der Waals surface area contributed by atoms with Gasteiger partial charge in [0.1, 0.15) is 11.5 Å². The molecular formula is C8H7F2N2. The van der Waals surface area contributed by atoms with Crippen molar-refractivity contribution in [1.29, 1.82) is 0 Å². The van der Waals surface area contributed by atoms with Gasteiger partial charge in [-0.25, -0.2) is 18.7 Å². The molecule has 1 heterocycles. The summed E-state index contributed by atoms with van der Waals surface area (Å²) in [5, 5.41) is 0. The summed E-state index contributed by atoms with van der Waals surface area (Å²) in [6.07, 6.45) is 1.96. The monoisotopic (exact) mass is 169 g/mol. The van der Waals surface area contributed by atoms with Gasteiger partial charge in [-0.2, -0.15) is 0 Å². The van der Waals surface area contributed by atoms with Crippen LogP contribution in [0.15, 0.2) is 6.07 Å². The molecule has 0 N–H and O–H groups in total. The summed E-state index contributed by atoms with van der Waals surface area (Å²) in [4.78, 5) is 7.56. The van der Waals surface area contributed by atoms with Gasteiger partial charge in [-0.05, 0) is 18.9 Å². The van der Waals surface area contributed by atoms with Crippen LogP contribution >= 0.6 is 0 Å². The Morgan fingerprint density at radius 2 is 2.25 bits per heavy atom. The molecule has 1 saturated carbocycles. The van der Waals surface area contributed by atoms with Crippen molar-refractivity contribution in [3.05, 3.63) is 23.8 Å². The highest BCUT2D eigenvalue weighted by atomic mass is 19.3. The van der Waals surface area contributed by atoms with E-state index in [9.17, 15) is 8.78 Å². The average Bonchev–Trinajstić information content (AvgIpc) is 2.87. The molecule has 12 heavy (non-hydrogen) atoms. The van der Waals surface area contributed by atoms with Crippen molar-refractivity contribution in [3.8, 4) is 0 Å². The second-order valence-corrected chi connectivity index (χ2v) is 2.86. The van der Waals surface area contributed by atoms with Gasteiger partial charge in [-0.1, -0.05) is 0 Å². The fraction of sp³-hybridized carbons (Fsp3) is 0.500. The Labute approximate surface area is 68.7 Å². The Kier molecular flexibility index (Phi) is 1.75. The summed E-state index contributed by atoms with van der Waals surface area (Å²) in [5.41, 5.74) is -0.216. The van der Waals surface area contributed by atoms with Crippen molar-refractivity contribution < 1.29 is 8.78 Å². The number of hydrogen-bond acceptors (Lipinski definition) is 2. The SMILES string of the molecule is FC(F)c1c[c]nc(C2CC2)n1. The van der Waals surface area contributed by atoms with Crippen molar-refractivity contribution in [3.63, 3.8) is 0 Å². The van der Waals surface area contributed by atoms with Gasteiger partial charge < -0.3 is 0 Å². The van der Waals surface area contributed by atoms with Gasteiger partial charge in [0.05, 0.1) is 6.20 Å². The first-order chi connectivity index (χ1) is 5.77. The third-order valence-electron chi connectivity index (χ3n) is 1.80. The molecule has 0 unspecified atom stereocenters. The Balaban J connectivity index is 2.26. The molecule has 4 heteroatoms. The number of halogens is 2. The Hall–Kier alpha value is -1.06. The molecule has 0 atom stereocenters. The van der Waals surface area contributed by atoms with Gasteiger partial charge in [-0.15, -0.1) is 0 Å². The molecule has 0 aromatic carbocycles. The van der Waals surface area contributed by atoms with E-state index in [-0.39, 0.29) is 5.69 Å². The fourth-order valence-corrected chi connectivity index (χ4v) is 0.990. The lowest BCUT2D eigenvalue weighted by Crippen LogP contribution is -1.97. The molecule has 63 valence electrons. The Morgan fingerprint density at radius 3 is 2.83 bits per heavy atom. The van der Waals surface area contributed by atoms with Crippen LogP contribution < -0.4 is 0 Å². The highest BCUT2D eigenvalue weighted by Crippen LogP contribution is 2.38. The molecule has 1 fully saturated rings. The minimum Gasteiger partial charge on any atom is -0.232 e. The zero-order valence-electron chi connectivity index (χ0n) is 6.30. The van der Waals surface area contributed by atoms with E-state index in [0.717, 1.165) is 18.9 Å². The second kappa shape index (κ2) is 2.77. The van der Waals surface area contributed by atoms with Crippen LogP contribution in [0.2, 0.25) is 0 Å². The lowest BCUT2D eigenvalue weighted by atomic mass is 10.3. The van der Waals surface area contributed by atoms with Crippen LogP contribution in [-0.2, 0) is 0 Å². The van der Waals surface area contributed by atoms with Crippen molar-refractivity contribution in [2.75, 3.05) is 0 Å². The van der Waals surface area contributed by atoms with E-state index >= 15 is 0 Å². The highest BCUT2D eigenvalue weighted by molar-refractivity contribution is 5.09. The third kappa shape index (κ3) is 1.42. The molecule has 0 amide bonds. The molecule has 1 aliphatic rings. The standard InChI is InChI=1S/C8H7F2N2/c9-7(10)6-3-4-11-8(12-6)5-1-2-5/h3,5,7H,1-2H2. The van der Waals surface area contributed by atoms with Crippen LogP contribution in [-0.4, -0.2) is 9.97 Å². The minimum absolute atomic E-state index is 0.216. The predicted molar refractivity (Wildman–Crippen MR) is 37.8 cm³/mol. The van der Waals surface area contributed by atoms with E-state index in [1.807, 2.05) is 0 Å². The molecule has 0 saturated heterocycles. The number of rotatable bonds is 2. The summed E-state index contributed by atoms with van der Waals surface area (Å²) >= 11 is 0. The van der Waals surface area contributed by atoms with Crippen molar-refractivity contribution >= 4 is 0 Å². The van der Waals surface area contributed by atoms with Gasteiger partial charge in [0.15, 0.2) is 0 Å². The number of aromatic nitrogens is 2. The normalized spacial score (nSPS) is 16.9. The van der Waals surface area contributed by atoms with Gasteiger partial charge in [0, 0.05) is 5.92 Å². The predicted octanol–water partition coefficient (Wildman–Crippen LogP) is 2.09. The lowest BCUT2D eigenvalue weighted by Gasteiger charge is -1.99. The van der Waals surface area contributed by atoms with E-state index in [2.05, 4.69) is 16.2 Å². The van der Waals surface area contributed by atoms with Crippen LogP contribution in [0, 0.1) is 6.20 Å². The topological polar surface area (TPSA) is 25.8 Å². The molecule has 2 nitrogen and oxygen atoms in total. The molecule has 1 aromatic heterocycles. The first-order valence-corrected chi connectivity index (χ1v) is 3.80. The molecular weight excluding hydrogens is 162 g/mol. The van der Waals surface area contributed by atoms with E-state index in [1.54, 1.807) is 0 Å². The maximum absolute atomic E-state index is 12.1. The van der Waals surface area contributed by atoms with Crippen LogP contribution in [0.1, 0.15) is 36.7 Å². The van der Waals surface area contributed by atoms with Gasteiger partial charge >= 0.3 is 0 Å². The van der Waals surface area contributed by atoms with E-state index in [4.69, 9.17) is 0 Å². The molecule has 1 aliphatic carbocycles.